The van der Waals surface area contributed by atoms with Crippen LogP contribution in [-0.4, -0.2) is 63.0 Å². The third-order valence-corrected chi connectivity index (χ3v) is 4.51. The first-order chi connectivity index (χ1) is 11.3. The van der Waals surface area contributed by atoms with Crippen molar-refractivity contribution in [1.29, 1.82) is 0 Å². The molecule has 0 unspecified atom stereocenters. The van der Waals surface area contributed by atoms with Gasteiger partial charge in [-0.1, -0.05) is 0 Å². The highest BCUT2D eigenvalue weighted by molar-refractivity contribution is 5.76. The van der Waals surface area contributed by atoms with Crippen LogP contribution < -0.4 is 5.32 Å². The summed E-state index contributed by atoms with van der Waals surface area (Å²) >= 11 is 0. The van der Waals surface area contributed by atoms with E-state index >= 15 is 0 Å². The van der Waals surface area contributed by atoms with Gasteiger partial charge in [0.1, 0.15) is 5.82 Å². The van der Waals surface area contributed by atoms with E-state index in [1.54, 1.807) is 0 Å². The Kier molecular flexibility index (Phi) is 6.40. The van der Waals surface area contributed by atoms with Crippen LogP contribution in [0.4, 0.5) is 0 Å². The van der Waals surface area contributed by atoms with Gasteiger partial charge in [0.2, 0.25) is 5.91 Å². The van der Waals surface area contributed by atoms with Gasteiger partial charge in [0.15, 0.2) is 0 Å². The number of hydrogen-bond acceptors (Lipinski definition) is 4. The monoisotopic (exact) mass is 335 g/mol. The molecular formula is C18H33N5O. The molecule has 1 N–H and O–H groups in total. The van der Waals surface area contributed by atoms with Crippen LogP contribution >= 0.6 is 0 Å². The van der Waals surface area contributed by atoms with Crippen molar-refractivity contribution in [3.63, 3.8) is 0 Å². The van der Waals surface area contributed by atoms with E-state index in [1.807, 2.05) is 33.2 Å². The van der Waals surface area contributed by atoms with E-state index in [2.05, 4.69) is 38.5 Å². The quantitative estimate of drug-likeness (QED) is 0.860. The second-order valence-electron chi connectivity index (χ2n) is 7.80. The van der Waals surface area contributed by atoms with Gasteiger partial charge >= 0.3 is 0 Å². The summed E-state index contributed by atoms with van der Waals surface area (Å²) in [6.07, 6.45) is 4.50. The van der Waals surface area contributed by atoms with Crippen molar-refractivity contribution >= 4 is 5.91 Å². The highest BCUT2D eigenvalue weighted by Gasteiger charge is 2.25. The first-order valence-electron chi connectivity index (χ1n) is 9.06. The molecule has 0 bridgehead atoms. The zero-order valence-electron chi connectivity index (χ0n) is 15.9. The summed E-state index contributed by atoms with van der Waals surface area (Å²) in [7, 11) is 0. The molecule has 1 fully saturated rings. The summed E-state index contributed by atoms with van der Waals surface area (Å²) in [5.41, 5.74) is -0.149. The molecule has 1 aromatic heterocycles. The zero-order valence-corrected chi connectivity index (χ0v) is 15.9. The molecule has 2 rings (SSSR count). The number of hydrogen-bond donors (Lipinski definition) is 1. The molecule has 0 aromatic carbocycles. The van der Waals surface area contributed by atoms with E-state index in [1.165, 1.54) is 0 Å². The summed E-state index contributed by atoms with van der Waals surface area (Å²) in [5.74, 6) is 1.28. The van der Waals surface area contributed by atoms with Crippen LogP contribution in [0, 0.1) is 0 Å². The number of amides is 1. The van der Waals surface area contributed by atoms with Gasteiger partial charge in [0, 0.05) is 63.1 Å². The van der Waals surface area contributed by atoms with Gasteiger partial charge in [-0.3, -0.25) is 9.69 Å². The molecule has 1 aliphatic rings. The molecule has 0 aliphatic carbocycles. The van der Waals surface area contributed by atoms with Crippen LogP contribution in [0.3, 0.4) is 0 Å². The maximum atomic E-state index is 12.0. The normalized spacial score (nSPS) is 20.3. The summed E-state index contributed by atoms with van der Waals surface area (Å²) in [6, 6.07) is 0.478. The number of aryl methyl sites for hydroxylation is 1. The molecule has 2 heterocycles. The molecule has 136 valence electrons. The van der Waals surface area contributed by atoms with Crippen molar-refractivity contribution < 1.29 is 4.79 Å². The molecule has 1 saturated heterocycles. The maximum Gasteiger partial charge on any atom is 0.221 e. The fourth-order valence-electron chi connectivity index (χ4n) is 3.21. The van der Waals surface area contributed by atoms with Gasteiger partial charge in [0.25, 0.3) is 0 Å². The number of carbonyl (C=O) groups excluding carboxylic acids is 1. The number of nitrogens with one attached hydrogen (secondary N) is 1. The van der Waals surface area contributed by atoms with Crippen LogP contribution in [0.15, 0.2) is 12.4 Å². The summed E-state index contributed by atoms with van der Waals surface area (Å²) in [5, 5.41) is 3.03. The van der Waals surface area contributed by atoms with Crippen molar-refractivity contribution in [2.24, 2.45) is 0 Å². The smallest absolute Gasteiger partial charge is 0.221 e. The van der Waals surface area contributed by atoms with E-state index < -0.39 is 0 Å². The first-order valence-corrected chi connectivity index (χ1v) is 9.06. The minimum Gasteiger partial charge on any atom is -0.351 e. The Morgan fingerprint density at radius 3 is 2.75 bits per heavy atom. The average Bonchev–Trinajstić information content (AvgIpc) is 2.93. The largest absolute Gasteiger partial charge is 0.351 e. The Morgan fingerprint density at radius 2 is 2.12 bits per heavy atom. The lowest BCUT2D eigenvalue weighted by molar-refractivity contribution is -0.123. The summed E-state index contributed by atoms with van der Waals surface area (Å²) in [4.78, 5) is 21.3. The number of rotatable bonds is 6. The van der Waals surface area contributed by atoms with Gasteiger partial charge in [-0.05, 0) is 34.6 Å². The average molecular weight is 335 g/mol. The van der Waals surface area contributed by atoms with Crippen LogP contribution in [0.25, 0.3) is 0 Å². The fourth-order valence-corrected chi connectivity index (χ4v) is 3.21. The van der Waals surface area contributed by atoms with Crippen LogP contribution in [-0.2, 0) is 17.9 Å². The molecule has 6 nitrogen and oxygen atoms in total. The Morgan fingerprint density at radius 1 is 1.38 bits per heavy atom. The second kappa shape index (κ2) is 8.12. The first kappa shape index (κ1) is 18.9. The molecule has 1 amide bonds. The van der Waals surface area contributed by atoms with Crippen LogP contribution in [0.2, 0.25) is 0 Å². The van der Waals surface area contributed by atoms with E-state index in [0.717, 1.165) is 45.1 Å². The molecule has 24 heavy (non-hydrogen) atoms. The van der Waals surface area contributed by atoms with E-state index in [-0.39, 0.29) is 11.4 Å². The number of carbonyl (C=O) groups is 1. The van der Waals surface area contributed by atoms with E-state index in [0.29, 0.717) is 12.5 Å². The lowest BCUT2D eigenvalue weighted by atomic mass is 10.1. The Labute approximate surface area is 146 Å². The molecule has 0 saturated carbocycles. The Balaban J connectivity index is 1.77. The zero-order chi connectivity index (χ0) is 17.7. The predicted octanol–water partition coefficient (Wildman–Crippen LogP) is 1.71. The molecule has 6 heteroatoms. The number of aromatic nitrogens is 2. The minimum absolute atomic E-state index is 0.141. The van der Waals surface area contributed by atoms with Crippen LogP contribution in [0.1, 0.15) is 46.9 Å². The molecule has 1 aliphatic heterocycles. The summed E-state index contributed by atoms with van der Waals surface area (Å²) < 4.78 is 2.20. The van der Waals surface area contributed by atoms with Gasteiger partial charge in [-0.25, -0.2) is 4.98 Å². The van der Waals surface area contributed by atoms with Gasteiger partial charge in [-0.15, -0.1) is 0 Å². The highest BCUT2D eigenvalue weighted by atomic mass is 16.1. The van der Waals surface area contributed by atoms with E-state index in [9.17, 15) is 4.79 Å². The van der Waals surface area contributed by atoms with Gasteiger partial charge in [0.05, 0.1) is 6.54 Å². The molecule has 1 aromatic rings. The van der Waals surface area contributed by atoms with Crippen molar-refractivity contribution in [1.82, 2.24) is 24.7 Å². The topological polar surface area (TPSA) is 53.4 Å². The van der Waals surface area contributed by atoms with Crippen LogP contribution in [0.5, 0.6) is 0 Å². The molecule has 1 atom stereocenters. The number of piperazine rings is 1. The number of nitrogens with zero attached hydrogens (tertiary/aromatic N) is 4. The number of imidazole rings is 1. The maximum absolute atomic E-state index is 12.0. The SMILES string of the molecule is CCn1ccnc1CN1CCN(CCC(=O)NC(C)(C)C)C[C@@H]1C. The molecular weight excluding hydrogens is 302 g/mol. The third kappa shape index (κ3) is 5.60. The van der Waals surface area contributed by atoms with E-state index in [4.69, 9.17) is 0 Å². The van der Waals surface area contributed by atoms with Crippen molar-refractivity contribution in [2.45, 2.75) is 65.7 Å². The second-order valence-corrected chi connectivity index (χ2v) is 7.80. The van der Waals surface area contributed by atoms with Crippen molar-refractivity contribution in [3.8, 4) is 0 Å². The van der Waals surface area contributed by atoms with Gasteiger partial charge < -0.3 is 14.8 Å². The third-order valence-electron chi connectivity index (χ3n) is 4.51. The Hall–Kier alpha value is -1.40. The Bertz CT molecular complexity index is 534. The summed E-state index contributed by atoms with van der Waals surface area (Å²) in [6.45, 7) is 16.2. The van der Waals surface area contributed by atoms with Gasteiger partial charge in [-0.2, -0.15) is 0 Å². The van der Waals surface area contributed by atoms with Crippen molar-refractivity contribution in [2.75, 3.05) is 26.2 Å². The lowest BCUT2D eigenvalue weighted by Crippen LogP contribution is -2.52. The van der Waals surface area contributed by atoms with Crippen molar-refractivity contribution in [3.05, 3.63) is 18.2 Å². The highest BCUT2D eigenvalue weighted by Crippen LogP contribution is 2.13. The molecule has 0 radical (unpaired) electrons. The molecule has 0 spiro atoms. The predicted molar refractivity (Wildman–Crippen MR) is 96.7 cm³/mol. The standard InChI is InChI=1S/C18H33N5O/c1-6-22-10-8-19-16(22)14-23-12-11-21(13-15(23)2)9-7-17(24)20-18(3,4)5/h8,10,15H,6-7,9,11-14H2,1-5H3,(H,20,24)/t15-/m0/s1. The lowest BCUT2D eigenvalue weighted by Gasteiger charge is -2.39. The fraction of sp³-hybridized carbons (Fsp3) is 0.778. The minimum atomic E-state index is -0.149.